The molecule has 0 aliphatic carbocycles. The van der Waals surface area contributed by atoms with Crippen molar-refractivity contribution in [2.75, 3.05) is 73.6 Å². The summed E-state index contributed by atoms with van der Waals surface area (Å²) in [5, 5.41) is 13.4. The molecule has 5 aliphatic rings. The summed E-state index contributed by atoms with van der Waals surface area (Å²) in [7, 11) is 0. The number of H-pyrrole nitrogens is 1. The number of hydrogen-bond donors (Lipinski definition) is 2. The number of halogens is 1. The molecule has 2 unspecified atom stereocenters. The third-order valence-corrected chi connectivity index (χ3v) is 13.1. The number of aromatic amines is 1. The maximum atomic E-state index is 13.1. The van der Waals surface area contributed by atoms with Crippen LogP contribution in [-0.2, 0) is 16.1 Å². The van der Waals surface area contributed by atoms with Crippen LogP contribution >= 0.6 is 11.6 Å². The lowest BCUT2D eigenvalue weighted by molar-refractivity contribution is -0.136. The Kier molecular flexibility index (Phi) is 9.65. The molecule has 0 saturated carbocycles. The Morgan fingerprint density at radius 3 is 2.35 bits per heavy atom. The van der Waals surface area contributed by atoms with Gasteiger partial charge < -0.3 is 24.6 Å². The Balaban J connectivity index is 0.745. The molecule has 3 amide bonds. The quantitative estimate of drug-likeness (QED) is 0.225. The maximum Gasteiger partial charge on any atom is 0.255 e. The molecule has 4 fully saturated rings. The van der Waals surface area contributed by atoms with Crippen molar-refractivity contribution >= 4 is 57.3 Å². The number of aromatic nitrogens is 1. The van der Waals surface area contributed by atoms with E-state index in [1.165, 1.54) is 30.5 Å². The van der Waals surface area contributed by atoms with Gasteiger partial charge in [0, 0.05) is 106 Å². The number of fused-ring (bicyclic) bond motifs is 2. The summed E-state index contributed by atoms with van der Waals surface area (Å²) in [5.74, 6) is 0.385. The highest BCUT2D eigenvalue weighted by Crippen LogP contribution is 2.38. The van der Waals surface area contributed by atoms with Crippen molar-refractivity contribution in [3.05, 3.63) is 88.1 Å². The monoisotopic (exact) mass is 758 g/mol. The molecule has 4 aromatic rings. The van der Waals surface area contributed by atoms with Crippen molar-refractivity contribution in [1.29, 1.82) is 5.26 Å². The first-order valence-electron chi connectivity index (χ1n) is 19.9. The van der Waals surface area contributed by atoms with E-state index in [-0.39, 0.29) is 24.1 Å². The van der Waals surface area contributed by atoms with Crippen LogP contribution in [0.4, 0.5) is 17.1 Å². The van der Waals surface area contributed by atoms with Gasteiger partial charge in [0.1, 0.15) is 12.1 Å². The summed E-state index contributed by atoms with van der Waals surface area (Å²) >= 11 is 6.49. The van der Waals surface area contributed by atoms with Crippen LogP contribution in [0.25, 0.3) is 10.9 Å². The number of nitrogens with zero attached hydrogens (tertiary/aromatic N) is 6. The molecule has 55 heavy (non-hydrogen) atoms. The maximum absolute atomic E-state index is 13.1. The van der Waals surface area contributed by atoms with Gasteiger partial charge in [0.2, 0.25) is 11.8 Å². The number of carbonyl (C=O) groups is 3. The Morgan fingerprint density at radius 2 is 1.58 bits per heavy atom. The highest BCUT2D eigenvalue weighted by atomic mass is 35.5. The van der Waals surface area contributed by atoms with Gasteiger partial charge in [-0.15, -0.1) is 0 Å². The normalized spacial score (nSPS) is 22.7. The lowest BCUT2D eigenvalue weighted by atomic mass is 9.89. The van der Waals surface area contributed by atoms with E-state index in [1.54, 1.807) is 11.1 Å². The van der Waals surface area contributed by atoms with Crippen LogP contribution in [0.5, 0.6) is 0 Å². The minimum atomic E-state index is -0.587. The number of hydrogen-bond acceptors (Lipinski definition) is 8. The molecule has 5 aliphatic heterocycles. The van der Waals surface area contributed by atoms with E-state index in [0.29, 0.717) is 41.0 Å². The van der Waals surface area contributed by atoms with E-state index >= 15 is 0 Å². The van der Waals surface area contributed by atoms with Crippen molar-refractivity contribution in [3.63, 3.8) is 0 Å². The van der Waals surface area contributed by atoms with Crippen LogP contribution in [0, 0.1) is 17.2 Å². The van der Waals surface area contributed by atoms with Crippen molar-refractivity contribution in [1.82, 2.24) is 20.1 Å². The third kappa shape index (κ3) is 6.91. The Labute approximate surface area is 326 Å². The summed E-state index contributed by atoms with van der Waals surface area (Å²) in [5.41, 5.74) is 8.11. The number of nitriles is 1. The molecule has 1 aromatic heterocycles. The van der Waals surface area contributed by atoms with Gasteiger partial charge in [-0.25, -0.2) is 0 Å². The molecule has 284 valence electrons. The molecule has 0 radical (unpaired) electrons. The summed E-state index contributed by atoms with van der Waals surface area (Å²) in [6, 6.07) is 21.1. The predicted molar refractivity (Wildman–Crippen MR) is 215 cm³/mol. The van der Waals surface area contributed by atoms with Gasteiger partial charge in [-0.2, -0.15) is 5.26 Å². The van der Waals surface area contributed by atoms with Crippen molar-refractivity contribution in [3.8, 4) is 6.07 Å². The molecule has 2 N–H and O–H groups in total. The predicted octanol–water partition coefficient (Wildman–Crippen LogP) is 5.88. The van der Waals surface area contributed by atoms with E-state index in [9.17, 15) is 19.6 Å². The van der Waals surface area contributed by atoms with Crippen LogP contribution in [0.15, 0.2) is 60.8 Å². The fraction of sp³-hybridized carbons (Fsp3) is 0.442. The molecule has 4 saturated heterocycles. The largest absolute Gasteiger partial charge is 0.372 e. The van der Waals surface area contributed by atoms with Gasteiger partial charge in [-0.1, -0.05) is 23.7 Å². The van der Waals surface area contributed by atoms with Gasteiger partial charge in [0.15, 0.2) is 0 Å². The molecule has 0 spiro atoms. The standard InChI is InChI=1S/C43H47ClN8O3/c44-36-9-10-37(41-40(36)32(23-45)24-46-41)51-15-1-2-30(26-51)29-3-5-33(6-4-29)49-16-13-28(14-17-49)25-48-18-20-50(21-19-48)34-7-8-35-31(22-34)27-52(43(35)55)38-11-12-39(53)47-42(38)54/h3-10,22,24,28,30,38,46H,1-2,11-21,25-27H2,(H,47,53,54). The number of rotatable bonds is 7. The van der Waals surface area contributed by atoms with Crippen LogP contribution < -0.4 is 20.0 Å². The zero-order valence-electron chi connectivity index (χ0n) is 31.1. The topological polar surface area (TPSA) is 119 Å². The second-order valence-corrected chi connectivity index (χ2v) is 16.4. The van der Waals surface area contributed by atoms with Crippen LogP contribution in [0.2, 0.25) is 5.02 Å². The molecule has 11 nitrogen and oxygen atoms in total. The van der Waals surface area contributed by atoms with Crippen LogP contribution in [0.3, 0.4) is 0 Å². The van der Waals surface area contributed by atoms with E-state index in [4.69, 9.17) is 11.6 Å². The van der Waals surface area contributed by atoms with Crippen molar-refractivity contribution in [2.24, 2.45) is 5.92 Å². The minimum Gasteiger partial charge on any atom is -0.372 e. The molecule has 6 heterocycles. The highest BCUT2D eigenvalue weighted by molar-refractivity contribution is 6.36. The summed E-state index contributed by atoms with van der Waals surface area (Å²) in [6.07, 6.45) is 7.08. The first kappa shape index (κ1) is 35.6. The van der Waals surface area contributed by atoms with Gasteiger partial charge in [-0.3, -0.25) is 24.6 Å². The van der Waals surface area contributed by atoms with Gasteiger partial charge in [0.05, 0.1) is 21.8 Å². The zero-order valence-corrected chi connectivity index (χ0v) is 31.9. The number of amides is 3. The second kappa shape index (κ2) is 14.9. The number of anilines is 3. The number of imide groups is 1. The lowest BCUT2D eigenvalue weighted by Crippen LogP contribution is -2.52. The first-order valence-corrected chi connectivity index (χ1v) is 20.2. The Morgan fingerprint density at radius 1 is 0.818 bits per heavy atom. The number of piperidine rings is 3. The summed E-state index contributed by atoms with van der Waals surface area (Å²) < 4.78 is 0. The molecule has 9 rings (SSSR count). The van der Waals surface area contributed by atoms with Gasteiger partial charge >= 0.3 is 0 Å². The Bertz CT molecular complexity index is 2160. The number of nitrogens with one attached hydrogen (secondary N) is 2. The minimum absolute atomic E-state index is 0.123. The average molecular weight is 759 g/mol. The van der Waals surface area contributed by atoms with E-state index in [1.807, 2.05) is 18.2 Å². The van der Waals surface area contributed by atoms with E-state index in [0.717, 1.165) is 93.2 Å². The summed E-state index contributed by atoms with van der Waals surface area (Å²) in [6.45, 7) is 9.58. The Hall–Kier alpha value is -5.05. The van der Waals surface area contributed by atoms with Crippen LogP contribution in [0.1, 0.15) is 71.5 Å². The zero-order chi connectivity index (χ0) is 37.6. The number of carbonyl (C=O) groups excluding carboxylic acids is 3. The molecule has 3 aromatic carbocycles. The number of piperazine rings is 1. The van der Waals surface area contributed by atoms with Gasteiger partial charge in [0.25, 0.3) is 5.91 Å². The van der Waals surface area contributed by atoms with Crippen LogP contribution in [-0.4, -0.2) is 97.4 Å². The van der Waals surface area contributed by atoms with Crippen molar-refractivity contribution in [2.45, 2.75) is 57.0 Å². The SMILES string of the molecule is N#Cc1c[nH]c2c(N3CCCC(c4ccc(N5CCC(CN6CCN(c7ccc8c(c7)CN(C7CCC(=O)NC7=O)C8=O)CC6)CC5)cc4)C3)ccc(Cl)c12. The smallest absolute Gasteiger partial charge is 0.255 e. The second-order valence-electron chi connectivity index (χ2n) is 16.0. The molecule has 2 atom stereocenters. The molecular formula is C43H47ClN8O3. The molecule has 12 heteroatoms. The van der Waals surface area contributed by atoms with E-state index in [2.05, 4.69) is 72.4 Å². The highest BCUT2D eigenvalue weighted by Gasteiger charge is 2.39. The third-order valence-electron chi connectivity index (χ3n) is 12.8. The lowest BCUT2D eigenvalue weighted by Gasteiger charge is -2.40. The average Bonchev–Trinajstić information content (AvgIpc) is 3.80. The molecular weight excluding hydrogens is 712 g/mol. The van der Waals surface area contributed by atoms with Crippen molar-refractivity contribution < 1.29 is 14.4 Å². The number of benzene rings is 3. The first-order chi connectivity index (χ1) is 26.8. The summed E-state index contributed by atoms with van der Waals surface area (Å²) in [4.78, 5) is 52.2. The molecule has 0 bridgehead atoms. The van der Waals surface area contributed by atoms with Gasteiger partial charge in [-0.05, 0) is 91.6 Å². The fourth-order valence-electron chi connectivity index (χ4n) is 9.65. The fourth-order valence-corrected chi connectivity index (χ4v) is 9.91. The van der Waals surface area contributed by atoms with E-state index < -0.39 is 6.04 Å².